The van der Waals surface area contributed by atoms with Gasteiger partial charge in [0.05, 0.1) is 0 Å². The fourth-order valence-electron chi connectivity index (χ4n) is 4.27. The third-order valence-corrected chi connectivity index (χ3v) is 6.38. The van der Waals surface area contributed by atoms with Gasteiger partial charge in [0.2, 0.25) is 11.8 Å². The molecule has 0 saturated carbocycles. The fourth-order valence-corrected chi connectivity index (χ4v) is 4.27. The third kappa shape index (κ3) is 9.10. The van der Waals surface area contributed by atoms with Gasteiger partial charge in [-0.25, -0.2) is 4.79 Å². The van der Waals surface area contributed by atoms with Gasteiger partial charge in [-0.2, -0.15) is 0 Å². The van der Waals surface area contributed by atoms with Crippen LogP contribution in [0.1, 0.15) is 82.7 Å². The van der Waals surface area contributed by atoms with Crippen molar-refractivity contribution in [3.05, 3.63) is 64.7 Å². The van der Waals surface area contributed by atoms with Crippen LogP contribution in [0.4, 0.5) is 10.5 Å². The second kappa shape index (κ2) is 13.0. The molecule has 2 atom stereocenters. The number of alkyl carbamates (subject to hydrolysis) is 1. The predicted octanol–water partition coefficient (Wildman–Crippen LogP) is 5.08. The van der Waals surface area contributed by atoms with E-state index in [1.165, 1.54) is 4.90 Å². The lowest BCUT2D eigenvalue weighted by molar-refractivity contribution is -0.147. The van der Waals surface area contributed by atoms with Gasteiger partial charge in [0.15, 0.2) is 0 Å². The molecule has 2 aromatic rings. The van der Waals surface area contributed by atoms with Crippen LogP contribution in [0.25, 0.3) is 0 Å². The van der Waals surface area contributed by atoms with Crippen molar-refractivity contribution in [2.24, 2.45) is 5.73 Å². The Labute approximate surface area is 237 Å². The molecule has 40 heavy (non-hydrogen) atoms. The second-order valence-corrected chi connectivity index (χ2v) is 12.1. The number of hydrogen-bond donors (Lipinski definition) is 3. The maximum Gasteiger partial charge on any atom is 0.408 e. The minimum atomic E-state index is -1.16. The number of para-hydroxylation sites is 1. The number of nitrogens with two attached hydrogens (primary N) is 1. The average Bonchev–Trinajstić information content (AvgIpc) is 2.81. The van der Waals surface area contributed by atoms with Crippen LogP contribution in [0.2, 0.25) is 0 Å². The number of aryl methyl sites for hydroxylation is 3. The number of nitrogens with one attached hydrogen (secondary N) is 2. The van der Waals surface area contributed by atoms with Gasteiger partial charge in [0, 0.05) is 17.6 Å². The van der Waals surface area contributed by atoms with E-state index >= 15 is 0 Å². The molecule has 218 valence electrons. The average molecular weight is 553 g/mol. The molecule has 2 unspecified atom stereocenters. The van der Waals surface area contributed by atoms with Crippen LogP contribution in [0.3, 0.4) is 0 Å². The van der Waals surface area contributed by atoms with E-state index in [-0.39, 0.29) is 12.8 Å². The molecule has 0 aliphatic heterocycles. The molecule has 9 nitrogen and oxygen atoms in total. The first-order valence-corrected chi connectivity index (χ1v) is 13.5. The van der Waals surface area contributed by atoms with Crippen molar-refractivity contribution in [2.45, 2.75) is 98.4 Å². The number of nitrogens with zero attached hydrogens (tertiary/aromatic N) is 1. The normalized spacial score (nSPS) is 13.1. The lowest BCUT2D eigenvalue weighted by Gasteiger charge is -2.43. The maximum absolute atomic E-state index is 14.3. The minimum absolute atomic E-state index is 0.0565. The van der Waals surface area contributed by atoms with Gasteiger partial charge >= 0.3 is 6.09 Å². The number of hydrogen-bond acceptors (Lipinski definition) is 5. The zero-order valence-corrected chi connectivity index (χ0v) is 25.2. The number of anilines is 1. The molecule has 4 amide bonds. The van der Waals surface area contributed by atoms with E-state index in [0.29, 0.717) is 11.3 Å². The van der Waals surface area contributed by atoms with Crippen LogP contribution in [0.15, 0.2) is 42.5 Å². The van der Waals surface area contributed by atoms with Gasteiger partial charge < -0.3 is 26.0 Å². The van der Waals surface area contributed by atoms with Crippen LogP contribution in [0.5, 0.6) is 0 Å². The van der Waals surface area contributed by atoms with Crippen molar-refractivity contribution >= 4 is 29.5 Å². The van der Waals surface area contributed by atoms with E-state index in [9.17, 15) is 19.2 Å². The summed E-state index contributed by atoms with van der Waals surface area (Å²) in [6, 6.07) is 10.8. The summed E-state index contributed by atoms with van der Waals surface area (Å²) in [4.78, 5) is 54.2. The SMILES string of the molecule is Cc1ccc(C(C(=O)Nc2ccccc2C)N(C(=O)C(CCC(N)=O)NC(=O)OC(C)(C)C)C(C)(C)C)cc1C. The number of ether oxygens (including phenoxy) is 1. The largest absolute Gasteiger partial charge is 0.444 e. The highest BCUT2D eigenvalue weighted by molar-refractivity contribution is 5.99. The van der Waals surface area contributed by atoms with Crippen LogP contribution in [-0.4, -0.2) is 45.9 Å². The second-order valence-electron chi connectivity index (χ2n) is 12.1. The van der Waals surface area contributed by atoms with E-state index in [1.807, 2.05) is 77.9 Å². The Balaban J connectivity index is 2.64. The summed E-state index contributed by atoms with van der Waals surface area (Å²) < 4.78 is 5.39. The van der Waals surface area contributed by atoms with Gasteiger partial charge in [-0.3, -0.25) is 14.4 Å². The van der Waals surface area contributed by atoms with E-state index in [1.54, 1.807) is 26.8 Å². The molecule has 2 aromatic carbocycles. The summed E-state index contributed by atoms with van der Waals surface area (Å²) in [7, 11) is 0. The van der Waals surface area contributed by atoms with Crippen LogP contribution >= 0.6 is 0 Å². The van der Waals surface area contributed by atoms with Crippen molar-refractivity contribution in [3.8, 4) is 0 Å². The summed E-state index contributed by atoms with van der Waals surface area (Å²) in [5.74, 6) is -1.57. The van der Waals surface area contributed by atoms with E-state index in [4.69, 9.17) is 10.5 Å². The molecule has 9 heteroatoms. The lowest BCUT2D eigenvalue weighted by atomic mass is 9.93. The Morgan fingerprint density at radius 3 is 2.05 bits per heavy atom. The Kier molecular flexibility index (Phi) is 10.5. The molecule has 0 spiro atoms. The Bertz CT molecular complexity index is 1240. The summed E-state index contributed by atoms with van der Waals surface area (Å²) >= 11 is 0. The van der Waals surface area contributed by atoms with E-state index in [0.717, 1.165) is 16.7 Å². The van der Waals surface area contributed by atoms with Crippen LogP contribution < -0.4 is 16.4 Å². The number of primary amides is 1. The van der Waals surface area contributed by atoms with Crippen LogP contribution in [0, 0.1) is 20.8 Å². The molecule has 0 aliphatic rings. The molecule has 0 aliphatic carbocycles. The molecule has 0 heterocycles. The molecule has 2 rings (SSSR count). The highest BCUT2D eigenvalue weighted by atomic mass is 16.6. The zero-order valence-electron chi connectivity index (χ0n) is 25.2. The van der Waals surface area contributed by atoms with Gasteiger partial charge in [0.25, 0.3) is 5.91 Å². The van der Waals surface area contributed by atoms with Crippen LogP contribution in [-0.2, 0) is 19.1 Å². The maximum atomic E-state index is 14.3. The smallest absolute Gasteiger partial charge is 0.408 e. The summed E-state index contributed by atoms with van der Waals surface area (Å²) in [6.45, 7) is 16.4. The number of carbonyl (C=O) groups is 4. The Morgan fingerprint density at radius 1 is 0.900 bits per heavy atom. The van der Waals surface area contributed by atoms with Gasteiger partial charge in [-0.1, -0.05) is 36.4 Å². The summed E-state index contributed by atoms with van der Waals surface area (Å²) in [5, 5.41) is 5.61. The quantitative estimate of drug-likeness (QED) is 0.399. The monoisotopic (exact) mass is 552 g/mol. The van der Waals surface area contributed by atoms with E-state index < -0.39 is 47.0 Å². The molecule has 0 radical (unpaired) electrons. The van der Waals surface area contributed by atoms with Gasteiger partial charge in [-0.15, -0.1) is 0 Å². The van der Waals surface area contributed by atoms with E-state index in [2.05, 4.69) is 10.6 Å². The molecule has 0 aromatic heterocycles. The van der Waals surface area contributed by atoms with Crippen molar-refractivity contribution in [1.82, 2.24) is 10.2 Å². The topological polar surface area (TPSA) is 131 Å². The molecule has 0 bridgehead atoms. The first-order valence-electron chi connectivity index (χ1n) is 13.5. The Hall–Kier alpha value is -3.88. The van der Waals surface area contributed by atoms with Crippen molar-refractivity contribution in [2.75, 3.05) is 5.32 Å². The number of carbonyl (C=O) groups excluding carboxylic acids is 4. The fraction of sp³-hybridized carbons (Fsp3) is 0.484. The molecule has 0 fully saturated rings. The lowest BCUT2D eigenvalue weighted by Crippen LogP contribution is -2.58. The van der Waals surface area contributed by atoms with Crippen molar-refractivity contribution in [1.29, 1.82) is 0 Å². The van der Waals surface area contributed by atoms with Gasteiger partial charge in [0.1, 0.15) is 17.7 Å². The third-order valence-electron chi connectivity index (χ3n) is 6.38. The molecular weight excluding hydrogens is 508 g/mol. The standard InChI is InChI=1S/C31H44N4O5/c1-19-14-15-22(18-21(19)3)26(27(37)33-23-13-11-10-12-20(23)2)35(30(4,5)6)28(38)24(16-17-25(32)36)34-29(39)40-31(7,8)9/h10-15,18,24,26H,16-17H2,1-9H3,(H2,32,36)(H,33,37)(H,34,39). The predicted molar refractivity (Wildman–Crippen MR) is 157 cm³/mol. The number of benzene rings is 2. The number of amides is 4. The van der Waals surface area contributed by atoms with Gasteiger partial charge in [-0.05, 0) is 97.1 Å². The minimum Gasteiger partial charge on any atom is -0.444 e. The van der Waals surface area contributed by atoms with Crippen molar-refractivity contribution < 1.29 is 23.9 Å². The first-order chi connectivity index (χ1) is 18.4. The molecular formula is C31H44N4O5. The summed E-state index contributed by atoms with van der Waals surface area (Å²) in [6.07, 6.45) is -1.01. The summed E-state index contributed by atoms with van der Waals surface area (Å²) in [5.41, 5.74) is 7.83. The first kappa shape index (κ1) is 32.3. The molecule has 4 N–H and O–H groups in total. The zero-order chi connectivity index (χ0) is 30.4. The Morgan fingerprint density at radius 2 is 1.52 bits per heavy atom. The highest BCUT2D eigenvalue weighted by Crippen LogP contribution is 2.32. The number of rotatable bonds is 9. The van der Waals surface area contributed by atoms with Crippen molar-refractivity contribution in [3.63, 3.8) is 0 Å². The molecule has 0 saturated heterocycles. The highest BCUT2D eigenvalue weighted by Gasteiger charge is 2.42.